The first kappa shape index (κ1) is 39.6. The topological polar surface area (TPSA) is 38.9 Å². The second kappa shape index (κ2) is 16.6. The van der Waals surface area contributed by atoms with Gasteiger partial charge in [0.05, 0.1) is 11.4 Å². The Kier molecular flexibility index (Phi) is 9.69. The zero-order valence-electron chi connectivity index (χ0n) is 36.8. The molecule has 0 bridgehead atoms. The molecule has 0 unspecified atom stereocenters. The first-order valence-electron chi connectivity index (χ1n) is 23.0. The Morgan fingerprint density at radius 1 is 0.279 bits per heavy atom. The lowest BCUT2D eigenvalue weighted by molar-refractivity contribution is 0.669. The average molecular weight is 885 g/mol. The van der Waals surface area contributed by atoms with Gasteiger partial charge in [-0.15, -0.1) is 11.3 Å². The maximum atomic E-state index is 6.49. The molecule has 0 aliphatic carbocycles. The molecule has 3 aromatic heterocycles. The zero-order valence-corrected chi connectivity index (χ0v) is 37.6. The summed E-state index contributed by atoms with van der Waals surface area (Å²) in [4.78, 5) is 10.7. The van der Waals surface area contributed by atoms with Crippen LogP contribution in [-0.4, -0.2) is 9.97 Å². The Labute approximate surface area is 397 Å². The third-order valence-electron chi connectivity index (χ3n) is 13.1. The second-order valence-electron chi connectivity index (χ2n) is 17.2. The number of thiophene rings is 1. The minimum atomic E-state index is 0.658. The van der Waals surface area contributed by atoms with Gasteiger partial charge in [-0.05, 0) is 86.5 Å². The molecule has 0 N–H and O–H groups in total. The zero-order chi connectivity index (χ0) is 45.0. The first-order valence-corrected chi connectivity index (χ1v) is 23.8. The third-order valence-corrected chi connectivity index (χ3v) is 14.4. The standard InChI is InChI=1S/C64H40N2OS/c1-4-17-41(18-5-1)44-23-12-25-47(37-44)50-29-14-31-53-54-32-15-30-52(63(54)68-62(50)53)51-28-11-10-27-49(51)46-24-13-26-48(38-46)64-65-57(43-21-8-3-9-22-43)40-58(66-64)55-33-16-34-60-61(55)56-39-45(35-36-59(56)67-60)42-19-6-2-7-20-42/h1-40H. The normalized spacial score (nSPS) is 11.5. The second-order valence-corrected chi connectivity index (χ2v) is 18.2. The van der Waals surface area contributed by atoms with Gasteiger partial charge < -0.3 is 4.42 Å². The number of rotatable bonds is 8. The fourth-order valence-electron chi connectivity index (χ4n) is 9.87. The molecule has 3 heterocycles. The predicted octanol–water partition coefficient (Wildman–Crippen LogP) is 18.1. The van der Waals surface area contributed by atoms with Gasteiger partial charge in [0.15, 0.2) is 5.82 Å². The summed E-state index contributed by atoms with van der Waals surface area (Å²) in [5.41, 5.74) is 18.2. The summed E-state index contributed by atoms with van der Waals surface area (Å²) in [6.45, 7) is 0. The maximum Gasteiger partial charge on any atom is 0.160 e. The van der Waals surface area contributed by atoms with Crippen LogP contribution in [0.1, 0.15) is 0 Å². The molecule has 13 aromatic rings. The molecule has 3 nitrogen and oxygen atoms in total. The van der Waals surface area contributed by atoms with Gasteiger partial charge in [-0.2, -0.15) is 0 Å². The van der Waals surface area contributed by atoms with E-state index in [1.54, 1.807) is 0 Å². The summed E-state index contributed by atoms with van der Waals surface area (Å²) in [6, 6.07) is 86.2. The molecule has 0 fully saturated rings. The number of aromatic nitrogens is 2. The van der Waals surface area contributed by atoms with Gasteiger partial charge in [0.25, 0.3) is 0 Å². The monoisotopic (exact) mass is 884 g/mol. The number of benzene rings is 10. The highest BCUT2D eigenvalue weighted by Crippen LogP contribution is 2.46. The lowest BCUT2D eigenvalue weighted by atomic mass is 9.92. The Balaban J connectivity index is 0.934. The number of furan rings is 1. The number of nitrogens with zero attached hydrogens (tertiary/aromatic N) is 2. The van der Waals surface area contributed by atoms with E-state index in [4.69, 9.17) is 14.4 Å². The van der Waals surface area contributed by atoms with E-state index in [1.165, 1.54) is 53.6 Å². The van der Waals surface area contributed by atoms with Crippen molar-refractivity contribution in [1.82, 2.24) is 9.97 Å². The molecule has 68 heavy (non-hydrogen) atoms. The lowest BCUT2D eigenvalue weighted by Gasteiger charge is -2.13. The summed E-state index contributed by atoms with van der Waals surface area (Å²) >= 11 is 1.88. The SMILES string of the molecule is c1ccc(-c2cccc(-c3cccc4c3sc3c(-c5ccccc5-c5cccc(-c6nc(-c7ccccc7)cc(-c7cccc8oc9ccc(-c%10ccccc%10)cc9c78)n6)c5)cccc34)c2)cc1. The van der Waals surface area contributed by atoms with Gasteiger partial charge in [0.2, 0.25) is 0 Å². The molecular weight excluding hydrogens is 845 g/mol. The van der Waals surface area contributed by atoms with E-state index in [-0.39, 0.29) is 0 Å². The summed E-state index contributed by atoms with van der Waals surface area (Å²) in [5, 5.41) is 4.63. The van der Waals surface area contributed by atoms with E-state index >= 15 is 0 Å². The van der Waals surface area contributed by atoms with Crippen LogP contribution in [0.2, 0.25) is 0 Å². The largest absolute Gasteiger partial charge is 0.456 e. The van der Waals surface area contributed by atoms with Gasteiger partial charge in [0.1, 0.15) is 11.2 Å². The number of hydrogen-bond donors (Lipinski definition) is 0. The van der Waals surface area contributed by atoms with E-state index in [0.29, 0.717) is 5.82 Å². The van der Waals surface area contributed by atoms with Crippen molar-refractivity contribution in [1.29, 1.82) is 0 Å². The summed E-state index contributed by atoms with van der Waals surface area (Å²) < 4.78 is 9.06. The molecule has 318 valence electrons. The van der Waals surface area contributed by atoms with Gasteiger partial charge in [-0.1, -0.05) is 206 Å². The van der Waals surface area contributed by atoms with Crippen LogP contribution in [0.15, 0.2) is 247 Å². The molecule has 0 saturated heterocycles. The van der Waals surface area contributed by atoms with E-state index < -0.39 is 0 Å². The number of hydrogen-bond acceptors (Lipinski definition) is 4. The third kappa shape index (κ3) is 6.98. The van der Waals surface area contributed by atoms with Gasteiger partial charge >= 0.3 is 0 Å². The quantitative estimate of drug-likeness (QED) is 0.153. The highest BCUT2D eigenvalue weighted by atomic mass is 32.1. The molecule has 10 aromatic carbocycles. The average Bonchev–Trinajstić information content (AvgIpc) is 4.00. The molecule has 0 aliphatic heterocycles. The maximum absolute atomic E-state index is 6.49. The van der Waals surface area contributed by atoms with E-state index in [1.807, 2.05) is 29.5 Å². The Morgan fingerprint density at radius 2 is 0.779 bits per heavy atom. The summed E-state index contributed by atoms with van der Waals surface area (Å²) in [7, 11) is 0. The minimum Gasteiger partial charge on any atom is -0.456 e. The lowest BCUT2D eigenvalue weighted by Crippen LogP contribution is -1.96. The smallest absolute Gasteiger partial charge is 0.160 e. The van der Waals surface area contributed by atoms with Crippen molar-refractivity contribution in [2.24, 2.45) is 0 Å². The fraction of sp³-hybridized carbons (Fsp3) is 0. The van der Waals surface area contributed by atoms with Crippen molar-refractivity contribution in [2.75, 3.05) is 0 Å². The van der Waals surface area contributed by atoms with Crippen molar-refractivity contribution in [2.45, 2.75) is 0 Å². The van der Waals surface area contributed by atoms with Gasteiger partial charge in [-0.25, -0.2) is 9.97 Å². The molecule has 0 saturated carbocycles. The molecule has 0 aliphatic rings. The fourth-order valence-corrected chi connectivity index (χ4v) is 11.2. The van der Waals surface area contributed by atoms with Crippen LogP contribution in [0.25, 0.3) is 132 Å². The van der Waals surface area contributed by atoms with Crippen LogP contribution in [0, 0.1) is 0 Å². The Hall–Kier alpha value is -8.70. The highest BCUT2D eigenvalue weighted by molar-refractivity contribution is 7.26. The molecule has 4 heteroatoms. The van der Waals surface area contributed by atoms with Crippen LogP contribution in [-0.2, 0) is 0 Å². The van der Waals surface area contributed by atoms with Gasteiger partial charge in [0, 0.05) is 53.2 Å². The van der Waals surface area contributed by atoms with Crippen LogP contribution in [0.3, 0.4) is 0 Å². The molecule has 13 rings (SSSR count). The highest BCUT2D eigenvalue weighted by Gasteiger charge is 2.20. The molecule has 0 atom stereocenters. The van der Waals surface area contributed by atoms with Crippen molar-refractivity contribution < 1.29 is 4.42 Å². The van der Waals surface area contributed by atoms with Crippen molar-refractivity contribution in [3.63, 3.8) is 0 Å². The number of fused-ring (bicyclic) bond motifs is 6. The van der Waals surface area contributed by atoms with E-state index in [0.717, 1.165) is 72.3 Å². The summed E-state index contributed by atoms with van der Waals surface area (Å²) in [6.07, 6.45) is 0. The van der Waals surface area contributed by atoms with Crippen LogP contribution in [0.5, 0.6) is 0 Å². The van der Waals surface area contributed by atoms with E-state index in [9.17, 15) is 0 Å². The molecule has 0 radical (unpaired) electrons. The minimum absolute atomic E-state index is 0.658. The Bertz CT molecular complexity index is 4020. The molecular formula is C64H40N2OS. The first-order chi connectivity index (χ1) is 33.7. The molecule has 0 spiro atoms. The van der Waals surface area contributed by atoms with Crippen molar-refractivity contribution in [3.8, 4) is 89.5 Å². The van der Waals surface area contributed by atoms with Crippen LogP contribution >= 0.6 is 11.3 Å². The van der Waals surface area contributed by atoms with Crippen LogP contribution < -0.4 is 0 Å². The molecule has 0 amide bonds. The Morgan fingerprint density at radius 3 is 1.51 bits per heavy atom. The summed E-state index contributed by atoms with van der Waals surface area (Å²) in [5.74, 6) is 0.658. The van der Waals surface area contributed by atoms with E-state index in [2.05, 4.69) is 224 Å². The van der Waals surface area contributed by atoms with Crippen molar-refractivity contribution in [3.05, 3.63) is 243 Å². The van der Waals surface area contributed by atoms with Gasteiger partial charge in [-0.3, -0.25) is 0 Å². The van der Waals surface area contributed by atoms with Crippen molar-refractivity contribution >= 4 is 53.4 Å². The van der Waals surface area contributed by atoms with Crippen LogP contribution in [0.4, 0.5) is 0 Å². The predicted molar refractivity (Wildman–Crippen MR) is 286 cm³/mol.